The zero-order chi connectivity index (χ0) is 28.6. The lowest BCUT2D eigenvalue weighted by Gasteiger charge is -2.14. The number of aliphatic hydroxyl groups excluding tert-OH is 1. The van der Waals surface area contributed by atoms with Crippen molar-refractivity contribution in [3.8, 4) is 22.5 Å². The largest absolute Gasteiger partial charge is 0.465 e. The number of halogens is 1. The highest BCUT2D eigenvalue weighted by Gasteiger charge is 2.52. The summed E-state index contributed by atoms with van der Waals surface area (Å²) >= 11 is 6.29. The molecule has 0 aliphatic heterocycles. The molecular formula is C32H29ClN4O4. The Labute approximate surface area is 242 Å². The molecule has 3 aromatic carbocycles. The van der Waals surface area contributed by atoms with Gasteiger partial charge in [0, 0.05) is 10.6 Å². The van der Waals surface area contributed by atoms with Crippen molar-refractivity contribution in [3.05, 3.63) is 112 Å². The third-order valence-electron chi connectivity index (χ3n) is 7.64. The van der Waals surface area contributed by atoms with Crippen LogP contribution in [0.5, 0.6) is 0 Å². The number of rotatable bonds is 9. The highest BCUT2D eigenvalue weighted by atomic mass is 35.5. The summed E-state index contributed by atoms with van der Waals surface area (Å²) in [4.78, 5) is 12.4. The Morgan fingerprint density at radius 2 is 1.71 bits per heavy atom. The summed E-state index contributed by atoms with van der Waals surface area (Å²) < 4.78 is 12.6. The van der Waals surface area contributed by atoms with Gasteiger partial charge in [0.2, 0.25) is 0 Å². The number of ether oxygens (including phenoxy) is 1. The summed E-state index contributed by atoms with van der Waals surface area (Å²) in [5.74, 6) is 0.336. The Kier molecular flexibility index (Phi) is 7.19. The number of esters is 1. The summed E-state index contributed by atoms with van der Waals surface area (Å²) in [6, 6.07) is 23.5. The van der Waals surface area contributed by atoms with Gasteiger partial charge in [-0.25, -0.2) is 4.68 Å². The quantitative estimate of drug-likeness (QED) is 0.208. The normalized spacial score (nSPS) is 14.5. The van der Waals surface area contributed by atoms with Crippen LogP contribution in [0.3, 0.4) is 0 Å². The predicted octanol–water partition coefficient (Wildman–Crippen LogP) is 6.29. The molecule has 0 bridgehead atoms. The van der Waals surface area contributed by atoms with E-state index in [0.29, 0.717) is 40.9 Å². The van der Waals surface area contributed by atoms with Crippen LogP contribution in [-0.4, -0.2) is 37.8 Å². The number of nitrogens with zero attached hydrogens (tertiary/aromatic N) is 4. The van der Waals surface area contributed by atoms with Crippen molar-refractivity contribution >= 4 is 17.6 Å². The SMILES string of the molecule is CCOC(=O)C1(c2ccc(-c3ccc(-c4onc(C)c4C(O)c4cn(Cc5ccccc5Cl)nn4)cc3)cc2)CC1. The average molecular weight is 569 g/mol. The number of hydrogen-bond donors (Lipinski definition) is 1. The molecule has 208 valence electrons. The van der Waals surface area contributed by atoms with Gasteiger partial charge in [0.1, 0.15) is 11.8 Å². The molecule has 1 aliphatic carbocycles. The molecule has 5 aromatic rings. The van der Waals surface area contributed by atoms with Gasteiger partial charge in [0.25, 0.3) is 0 Å². The van der Waals surface area contributed by atoms with Crippen LogP contribution in [0.25, 0.3) is 22.5 Å². The van der Waals surface area contributed by atoms with E-state index in [1.807, 2.05) is 79.7 Å². The molecule has 1 N–H and O–H groups in total. The van der Waals surface area contributed by atoms with Gasteiger partial charge in [-0.15, -0.1) is 5.10 Å². The Morgan fingerprint density at radius 3 is 2.37 bits per heavy atom. The average Bonchev–Trinajstić information content (AvgIpc) is 3.52. The second kappa shape index (κ2) is 11.0. The van der Waals surface area contributed by atoms with E-state index in [2.05, 4.69) is 15.5 Å². The van der Waals surface area contributed by atoms with Crippen LogP contribution in [0.1, 0.15) is 53.9 Å². The summed E-state index contributed by atoms with van der Waals surface area (Å²) in [7, 11) is 0. The highest BCUT2D eigenvalue weighted by molar-refractivity contribution is 6.31. The fourth-order valence-corrected chi connectivity index (χ4v) is 5.37. The van der Waals surface area contributed by atoms with Crippen molar-refractivity contribution in [1.29, 1.82) is 0 Å². The monoisotopic (exact) mass is 568 g/mol. The van der Waals surface area contributed by atoms with Gasteiger partial charge in [0.05, 0.1) is 36.0 Å². The third kappa shape index (κ3) is 5.16. The van der Waals surface area contributed by atoms with Crippen LogP contribution in [-0.2, 0) is 21.5 Å². The lowest BCUT2D eigenvalue weighted by atomic mass is 9.93. The number of carbonyl (C=O) groups excluding carboxylic acids is 1. The van der Waals surface area contributed by atoms with Gasteiger partial charge >= 0.3 is 5.97 Å². The third-order valence-corrected chi connectivity index (χ3v) is 8.01. The van der Waals surface area contributed by atoms with Crippen LogP contribution in [0.15, 0.2) is 83.5 Å². The second-order valence-corrected chi connectivity index (χ2v) is 10.7. The zero-order valence-corrected chi connectivity index (χ0v) is 23.5. The van der Waals surface area contributed by atoms with Crippen molar-refractivity contribution < 1.29 is 19.2 Å². The van der Waals surface area contributed by atoms with E-state index in [4.69, 9.17) is 20.9 Å². The minimum absolute atomic E-state index is 0.138. The van der Waals surface area contributed by atoms with E-state index in [0.717, 1.165) is 40.7 Å². The van der Waals surface area contributed by atoms with E-state index >= 15 is 0 Å². The predicted molar refractivity (Wildman–Crippen MR) is 154 cm³/mol. The molecule has 1 unspecified atom stereocenters. The standard InChI is InChI=1S/C32H29ClN4O4/c1-3-40-31(39)32(16-17-32)25-14-12-22(13-15-25)21-8-10-23(11-9-21)30-28(20(2)35-41-30)29(38)27-19-37(36-34-27)18-24-6-4-5-7-26(24)33/h4-15,19,29,38H,3,16-18H2,1-2H3. The Morgan fingerprint density at radius 1 is 1.05 bits per heavy atom. The fourth-order valence-electron chi connectivity index (χ4n) is 5.17. The molecule has 0 amide bonds. The van der Waals surface area contributed by atoms with Crippen molar-refractivity contribution in [2.45, 2.75) is 44.8 Å². The van der Waals surface area contributed by atoms with Crippen molar-refractivity contribution in [3.63, 3.8) is 0 Å². The number of aromatic nitrogens is 4. The van der Waals surface area contributed by atoms with E-state index in [1.165, 1.54) is 0 Å². The number of aliphatic hydroxyl groups is 1. The Hall–Kier alpha value is -4.27. The van der Waals surface area contributed by atoms with Crippen molar-refractivity contribution in [2.75, 3.05) is 6.61 Å². The molecule has 8 nitrogen and oxygen atoms in total. The fraction of sp³-hybridized carbons (Fsp3) is 0.250. The maximum Gasteiger partial charge on any atom is 0.316 e. The summed E-state index contributed by atoms with van der Waals surface area (Å²) in [5.41, 5.74) is 5.74. The molecular weight excluding hydrogens is 540 g/mol. The molecule has 2 heterocycles. The topological polar surface area (TPSA) is 103 Å². The van der Waals surface area contributed by atoms with Gasteiger partial charge < -0.3 is 14.4 Å². The number of benzene rings is 3. The van der Waals surface area contributed by atoms with E-state index in [1.54, 1.807) is 17.8 Å². The highest BCUT2D eigenvalue weighted by Crippen LogP contribution is 2.49. The first-order valence-electron chi connectivity index (χ1n) is 13.6. The molecule has 2 aromatic heterocycles. The molecule has 1 saturated carbocycles. The first-order valence-corrected chi connectivity index (χ1v) is 13.9. The van der Waals surface area contributed by atoms with Gasteiger partial charge in [-0.05, 0) is 55.0 Å². The van der Waals surface area contributed by atoms with Gasteiger partial charge in [0.15, 0.2) is 5.76 Å². The van der Waals surface area contributed by atoms with Gasteiger partial charge in [-0.3, -0.25) is 4.79 Å². The van der Waals surface area contributed by atoms with E-state index < -0.39 is 11.5 Å². The van der Waals surface area contributed by atoms with Crippen molar-refractivity contribution in [2.24, 2.45) is 0 Å². The summed E-state index contributed by atoms with van der Waals surface area (Å²) in [5, 5.41) is 24.4. The Balaban J connectivity index is 1.20. The van der Waals surface area contributed by atoms with Gasteiger partial charge in [-0.1, -0.05) is 88.7 Å². The Bertz CT molecular complexity index is 1690. The first-order chi connectivity index (χ1) is 19.9. The van der Waals surface area contributed by atoms with Crippen LogP contribution < -0.4 is 0 Å². The molecule has 0 saturated heterocycles. The molecule has 9 heteroatoms. The molecule has 0 spiro atoms. The second-order valence-electron chi connectivity index (χ2n) is 10.3. The first kappa shape index (κ1) is 26.9. The molecule has 41 heavy (non-hydrogen) atoms. The number of carbonyl (C=O) groups is 1. The zero-order valence-electron chi connectivity index (χ0n) is 22.8. The molecule has 6 rings (SSSR count). The number of aryl methyl sites for hydroxylation is 1. The number of hydrogen-bond acceptors (Lipinski definition) is 7. The van der Waals surface area contributed by atoms with Crippen LogP contribution >= 0.6 is 11.6 Å². The molecule has 1 atom stereocenters. The lowest BCUT2D eigenvalue weighted by Crippen LogP contribution is -2.23. The summed E-state index contributed by atoms with van der Waals surface area (Å²) in [6.45, 7) is 4.44. The molecule has 1 aliphatic rings. The molecule has 0 radical (unpaired) electrons. The van der Waals surface area contributed by atoms with E-state index in [-0.39, 0.29) is 5.97 Å². The van der Waals surface area contributed by atoms with Crippen LogP contribution in [0.4, 0.5) is 0 Å². The van der Waals surface area contributed by atoms with Crippen molar-refractivity contribution in [1.82, 2.24) is 20.2 Å². The summed E-state index contributed by atoms with van der Waals surface area (Å²) in [6.07, 6.45) is 2.27. The minimum atomic E-state index is -1.07. The molecule has 1 fully saturated rings. The smallest absolute Gasteiger partial charge is 0.316 e. The minimum Gasteiger partial charge on any atom is -0.465 e. The van der Waals surface area contributed by atoms with Crippen LogP contribution in [0.2, 0.25) is 5.02 Å². The van der Waals surface area contributed by atoms with Gasteiger partial charge in [-0.2, -0.15) is 0 Å². The van der Waals surface area contributed by atoms with E-state index in [9.17, 15) is 9.90 Å². The lowest BCUT2D eigenvalue weighted by molar-refractivity contribution is -0.146. The van der Waals surface area contributed by atoms with Crippen LogP contribution in [0, 0.1) is 6.92 Å². The maximum atomic E-state index is 12.4. The maximum absolute atomic E-state index is 12.4.